The predicted octanol–water partition coefficient (Wildman–Crippen LogP) is 6.27. The molecule has 2 aromatic carbocycles. The maximum Gasteiger partial charge on any atom is 0.122 e. The molecular formula is C20H27BrO2. The van der Waals surface area contributed by atoms with E-state index in [0.717, 1.165) is 29.9 Å². The van der Waals surface area contributed by atoms with Gasteiger partial charge in [-0.15, -0.1) is 0 Å². The topological polar surface area (TPSA) is 18.5 Å². The molecule has 2 rings (SSSR count). The Bertz CT molecular complexity index is 610. The number of hydrogen-bond donors (Lipinski definition) is 0. The zero-order valence-electron chi connectivity index (χ0n) is 14.2. The second-order valence-corrected chi connectivity index (χ2v) is 6.66. The molecule has 0 bridgehead atoms. The highest BCUT2D eigenvalue weighted by Gasteiger charge is 2.06. The number of fused-ring (bicyclic) bond motifs is 1. The number of alkyl halides is 1. The predicted molar refractivity (Wildman–Crippen MR) is 102 cm³/mol. The van der Waals surface area contributed by atoms with E-state index >= 15 is 0 Å². The summed E-state index contributed by atoms with van der Waals surface area (Å²) in [5.74, 6) is 1.92. The molecule has 0 aliphatic carbocycles. The van der Waals surface area contributed by atoms with Gasteiger partial charge >= 0.3 is 0 Å². The molecule has 0 N–H and O–H groups in total. The Labute approximate surface area is 148 Å². The third kappa shape index (κ3) is 5.42. The highest BCUT2D eigenvalue weighted by atomic mass is 79.9. The van der Waals surface area contributed by atoms with E-state index in [1.54, 1.807) is 0 Å². The first-order chi connectivity index (χ1) is 11.3. The molecule has 0 fully saturated rings. The molecule has 0 aromatic heterocycles. The van der Waals surface area contributed by atoms with Crippen LogP contribution in [0.4, 0.5) is 0 Å². The first-order valence-corrected chi connectivity index (χ1v) is 9.73. The van der Waals surface area contributed by atoms with Crippen molar-refractivity contribution in [1.29, 1.82) is 0 Å². The van der Waals surface area contributed by atoms with E-state index in [1.807, 2.05) is 0 Å². The molecule has 0 atom stereocenters. The molecular weight excluding hydrogens is 352 g/mol. The highest BCUT2D eigenvalue weighted by Crippen LogP contribution is 2.30. The summed E-state index contributed by atoms with van der Waals surface area (Å²) < 4.78 is 11.6. The Balaban J connectivity index is 1.96. The number of unbranched alkanes of at least 4 members (excludes halogenated alkanes) is 4. The van der Waals surface area contributed by atoms with E-state index in [4.69, 9.17) is 9.47 Å². The van der Waals surface area contributed by atoms with Crippen LogP contribution in [0.2, 0.25) is 0 Å². The van der Waals surface area contributed by atoms with Crippen molar-refractivity contribution in [2.75, 3.05) is 18.5 Å². The van der Waals surface area contributed by atoms with Gasteiger partial charge in [-0.1, -0.05) is 60.7 Å². The van der Waals surface area contributed by atoms with E-state index in [9.17, 15) is 0 Å². The third-order valence-corrected chi connectivity index (χ3v) is 4.39. The monoisotopic (exact) mass is 378 g/mol. The van der Waals surface area contributed by atoms with Crippen LogP contribution < -0.4 is 9.47 Å². The summed E-state index contributed by atoms with van der Waals surface area (Å²) in [6.07, 6.45) is 6.32. The second kappa shape index (κ2) is 9.82. The average Bonchev–Trinajstić information content (AvgIpc) is 2.57. The molecule has 3 heteroatoms. The molecule has 0 aliphatic rings. The van der Waals surface area contributed by atoms with Gasteiger partial charge in [0.1, 0.15) is 11.5 Å². The van der Waals surface area contributed by atoms with Crippen molar-refractivity contribution in [2.24, 2.45) is 0 Å². The van der Waals surface area contributed by atoms with E-state index in [-0.39, 0.29) is 0 Å². The molecule has 0 amide bonds. The number of halogens is 1. The number of hydrogen-bond acceptors (Lipinski definition) is 2. The van der Waals surface area contributed by atoms with E-state index in [2.05, 4.69) is 60.1 Å². The lowest BCUT2D eigenvalue weighted by atomic mass is 10.0. The van der Waals surface area contributed by atoms with Crippen molar-refractivity contribution in [3.63, 3.8) is 0 Å². The summed E-state index contributed by atoms with van der Waals surface area (Å²) in [5, 5.41) is 3.28. The van der Waals surface area contributed by atoms with Crippen molar-refractivity contribution in [1.82, 2.24) is 0 Å². The van der Waals surface area contributed by atoms with Crippen molar-refractivity contribution in [3.8, 4) is 11.5 Å². The molecule has 2 aromatic rings. The van der Waals surface area contributed by atoms with Crippen LogP contribution in [0.1, 0.15) is 44.6 Å². The fraction of sp³-hybridized carbons (Fsp3) is 0.500. The molecule has 0 radical (unpaired) electrons. The quantitative estimate of drug-likeness (QED) is 0.358. The molecule has 0 unspecified atom stereocenters. The van der Waals surface area contributed by atoms with Crippen LogP contribution in [-0.2, 0) is 0 Å². The Hall–Kier alpha value is -1.22. The minimum atomic E-state index is 0.686. The fourth-order valence-corrected chi connectivity index (χ4v) is 2.90. The lowest BCUT2D eigenvalue weighted by molar-refractivity contribution is 0.305. The maximum atomic E-state index is 5.89. The van der Waals surface area contributed by atoms with E-state index in [1.165, 1.54) is 42.0 Å². The van der Waals surface area contributed by atoms with Gasteiger partial charge in [0.2, 0.25) is 0 Å². The lowest BCUT2D eigenvalue weighted by Gasteiger charge is -2.12. The molecule has 0 aliphatic heterocycles. The third-order valence-electron chi connectivity index (χ3n) is 4.06. The van der Waals surface area contributed by atoms with Gasteiger partial charge in [-0.2, -0.15) is 0 Å². The van der Waals surface area contributed by atoms with E-state index in [0.29, 0.717) is 6.61 Å². The largest absolute Gasteiger partial charge is 0.494 e. The molecule has 0 saturated heterocycles. The Morgan fingerprint density at radius 1 is 0.913 bits per heavy atom. The van der Waals surface area contributed by atoms with Crippen LogP contribution in [0.25, 0.3) is 10.8 Å². The normalized spacial score (nSPS) is 10.9. The summed E-state index contributed by atoms with van der Waals surface area (Å²) in [6, 6.07) is 10.5. The molecule has 0 saturated carbocycles. The van der Waals surface area contributed by atoms with Crippen molar-refractivity contribution < 1.29 is 9.47 Å². The Morgan fingerprint density at radius 2 is 1.74 bits per heavy atom. The molecule has 2 nitrogen and oxygen atoms in total. The Morgan fingerprint density at radius 3 is 2.52 bits per heavy atom. The molecule has 126 valence electrons. The van der Waals surface area contributed by atoms with Crippen LogP contribution in [0.5, 0.6) is 11.5 Å². The maximum absolute atomic E-state index is 5.89. The van der Waals surface area contributed by atoms with E-state index < -0.39 is 0 Å². The summed E-state index contributed by atoms with van der Waals surface area (Å²) in [6.45, 7) is 5.84. The van der Waals surface area contributed by atoms with Crippen LogP contribution in [0, 0.1) is 6.92 Å². The van der Waals surface area contributed by atoms with Crippen molar-refractivity contribution in [3.05, 3.63) is 35.9 Å². The summed E-state index contributed by atoms with van der Waals surface area (Å²) in [7, 11) is 0. The molecule has 0 spiro atoms. The van der Waals surface area contributed by atoms with Crippen LogP contribution in [0.3, 0.4) is 0 Å². The standard InChI is InChI=1S/C20H27BrO2/c1-3-4-5-6-7-13-22-18-9-10-19-16(2)20(23-14-12-21)11-8-17(19)15-18/h8-11,15H,3-7,12-14H2,1-2H3. The minimum absolute atomic E-state index is 0.686. The summed E-state index contributed by atoms with van der Waals surface area (Å²) >= 11 is 3.39. The second-order valence-electron chi connectivity index (χ2n) is 5.87. The van der Waals surface area contributed by atoms with Crippen LogP contribution >= 0.6 is 15.9 Å². The minimum Gasteiger partial charge on any atom is -0.494 e. The van der Waals surface area contributed by atoms with Crippen molar-refractivity contribution >= 4 is 26.7 Å². The number of aryl methyl sites for hydroxylation is 1. The fourth-order valence-electron chi connectivity index (χ4n) is 2.73. The lowest BCUT2D eigenvalue weighted by Crippen LogP contribution is -2.00. The number of benzene rings is 2. The average molecular weight is 379 g/mol. The van der Waals surface area contributed by atoms with Crippen LogP contribution in [0.15, 0.2) is 30.3 Å². The van der Waals surface area contributed by atoms with Gasteiger partial charge in [0, 0.05) is 5.33 Å². The summed E-state index contributed by atoms with van der Waals surface area (Å²) in [4.78, 5) is 0. The zero-order valence-corrected chi connectivity index (χ0v) is 15.8. The zero-order chi connectivity index (χ0) is 16.5. The summed E-state index contributed by atoms with van der Waals surface area (Å²) in [5.41, 5.74) is 1.19. The first kappa shape index (κ1) is 18.1. The molecule has 23 heavy (non-hydrogen) atoms. The SMILES string of the molecule is CCCCCCCOc1ccc2c(C)c(OCCBr)ccc2c1. The van der Waals surface area contributed by atoms with Crippen LogP contribution in [-0.4, -0.2) is 18.5 Å². The van der Waals surface area contributed by atoms with Gasteiger partial charge in [-0.3, -0.25) is 0 Å². The first-order valence-electron chi connectivity index (χ1n) is 8.61. The van der Waals surface area contributed by atoms with Gasteiger partial charge in [-0.25, -0.2) is 0 Å². The van der Waals surface area contributed by atoms with Gasteiger partial charge < -0.3 is 9.47 Å². The van der Waals surface area contributed by atoms with Gasteiger partial charge in [0.05, 0.1) is 13.2 Å². The van der Waals surface area contributed by atoms with Gasteiger partial charge in [0.15, 0.2) is 0 Å². The number of rotatable bonds is 10. The van der Waals surface area contributed by atoms with Gasteiger partial charge in [0.25, 0.3) is 0 Å². The van der Waals surface area contributed by atoms with Gasteiger partial charge in [-0.05, 0) is 47.9 Å². The Kier molecular flexibility index (Phi) is 7.73. The number of ether oxygens (including phenoxy) is 2. The highest BCUT2D eigenvalue weighted by molar-refractivity contribution is 9.09. The smallest absolute Gasteiger partial charge is 0.122 e. The molecule has 0 heterocycles. The van der Waals surface area contributed by atoms with Crippen molar-refractivity contribution in [2.45, 2.75) is 46.0 Å².